The first-order chi connectivity index (χ1) is 33.6. The minimum absolute atomic E-state index is 0.0120. The molecule has 19 nitrogen and oxygen atoms in total. The number of hydrogen-bond donors (Lipinski definition) is 6. The SMILES string of the molecule is CC(=O)OC1C(=O)[C@]2(C)C(O[C@@H]3OCC(O)C(O)C3O)C[C@@H]3OC[C@@]3(OC(C)=O)[C@@H]2C(OC(=O)c2ccccc2)[C@]2(O)CC(OC(=O)C(O)C(NC(=O)c3ccccc3)c3ccccc3)C(C)=C1C2(C)C. The summed E-state index contributed by atoms with van der Waals surface area (Å²) in [6.07, 6.45) is -17.9. The van der Waals surface area contributed by atoms with Crippen LogP contribution in [-0.2, 0) is 52.3 Å². The van der Waals surface area contributed by atoms with E-state index in [9.17, 15) is 49.5 Å². The standard InChI is InChI=1S/C52H59NO18/c1-26-33(68-47(63)39(58)37(29-16-10-7-11-17-29)53-45(61)30-18-12-8-13-19-30)23-52(64)44(70-46(62)31-20-14-9-15-21-31)42-50(6,43(60)41(67-27(2)54)36(26)49(52,4)5)34(22-35-51(42,25-66-35)71-28(3)55)69-48-40(59)38(57)32(56)24-65-48/h7-21,32-35,37-42,44,48,56-59,64H,22-25H2,1-6H3,(H,53,61)/t32?,33?,34?,35-,37?,38?,39?,40?,41?,42+,44?,48-,50+,51-,52+/m0/s1. The van der Waals surface area contributed by atoms with E-state index >= 15 is 4.79 Å². The molecule has 2 heterocycles. The maximum absolute atomic E-state index is 16.2. The molecule has 3 aromatic carbocycles. The van der Waals surface area contributed by atoms with E-state index in [1.165, 1.54) is 39.8 Å². The van der Waals surface area contributed by atoms with Crippen molar-refractivity contribution in [3.05, 3.63) is 119 Å². The van der Waals surface area contributed by atoms with Gasteiger partial charge in [0.05, 0.1) is 42.3 Å². The molecule has 0 radical (unpaired) electrons. The number of ether oxygens (including phenoxy) is 7. The molecule has 0 spiro atoms. The first kappa shape index (κ1) is 51.5. The van der Waals surface area contributed by atoms with Gasteiger partial charge < -0.3 is 64.0 Å². The van der Waals surface area contributed by atoms with Crippen LogP contribution in [0, 0.1) is 16.7 Å². The Morgan fingerprint density at radius 2 is 1.39 bits per heavy atom. The van der Waals surface area contributed by atoms with Crippen LogP contribution < -0.4 is 5.32 Å². The van der Waals surface area contributed by atoms with Crippen LogP contribution in [-0.4, -0.2) is 147 Å². The number of fused-ring (bicyclic) bond motifs is 5. The Bertz CT molecular complexity index is 2560. The molecule has 2 aliphatic heterocycles. The molecular weight excluding hydrogens is 927 g/mol. The van der Waals surface area contributed by atoms with Gasteiger partial charge in [-0.2, -0.15) is 0 Å². The molecule has 5 aliphatic rings. The van der Waals surface area contributed by atoms with Gasteiger partial charge in [0.15, 0.2) is 29.9 Å². The summed E-state index contributed by atoms with van der Waals surface area (Å²) < 4.78 is 43.1. The Morgan fingerprint density at radius 1 is 0.789 bits per heavy atom. The molecule has 9 unspecified atom stereocenters. The highest BCUT2D eigenvalue weighted by molar-refractivity contribution is 5.96. The fourth-order valence-corrected chi connectivity index (χ4v) is 11.4. The fraction of sp³-hybridized carbons (Fsp3) is 0.500. The number of hydrogen-bond acceptors (Lipinski definition) is 18. The van der Waals surface area contributed by atoms with E-state index in [2.05, 4.69) is 5.32 Å². The van der Waals surface area contributed by atoms with Gasteiger partial charge in [0.1, 0.15) is 42.2 Å². The van der Waals surface area contributed by atoms with E-state index < -0.39 is 150 Å². The molecule has 2 saturated carbocycles. The summed E-state index contributed by atoms with van der Waals surface area (Å²) in [6.45, 7) is 7.24. The second-order valence-corrected chi connectivity index (χ2v) is 19.7. The van der Waals surface area contributed by atoms with E-state index in [1.807, 2.05) is 0 Å². The number of nitrogens with one attached hydrogen (secondary N) is 1. The lowest BCUT2D eigenvalue weighted by atomic mass is 9.44. The van der Waals surface area contributed by atoms with E-state index in [1.54, 1.807) is 78.9 Å². The average molecular weight is 986 g/mol. The minimum Gasteiger partial charge on any atom is -0.456 e. The highest BCUT2D eigenvalue weighted by Crippen LogP contribution is 2.65. The van der Waals surface area contributed by atoms with Crippen molar-refractivity contribution in [3.8, 4) is 0 Å². The Morgan fingerprint density at radius 3 is 1.97 bits per heavy atom. The summed E-state index contributed by atoms with van der Waals surface area (Å²) in [6, 6.07) is 22.6. The summed E-state index contributed by atoms with van der Waals surface area (Å²) in [7, 11) is 0. The number of carbonyl (C=O) groups is 6. The lowest BCUT2D eigenvalue weighted by Crippen LogP contribution is -2.82. The number of rotatable bonds is 12. The quantitative estimate of drug-likeness (QED) is 0.0862. The van der Waals surface area contributed by atoms with Crippen molar-refractivity contribution in [1.29, 1.82) is 0 Å². The van der Waals surface area contributed by atoms with E-state index in [0.717, 1.165) is 13.8 Å². The van der Waals surface area contributed by atoms with Gasteiger partial charge >= 0.3 is 23.9 Å². The normalized spacial score (nSPS) is 34.8. The number of amides is 1. The first-order valence-corrected chi connectivity index (χ1v) is 23.4. The predicted octanol–water partition coefficient (Wildman–Crippen LogP) is 2.20. The number of aliphatic hydroxyl groups excluding tert-OH is 4. The monoisotopic (exact) mass is 985 g/mol. The second-order valence-electron chi connectivity index (χ2n) is 19.7. The molecule has 4 fully saturated rings. The van der Waals surface area contributed by atoms with Crippen molar-refractivity contribution in [2.75, 3.05) is 13.2 Å². The Hall–Kier alpha value is -5.90. The fourth-order valence-electron chi connectivity index (χ4n) is 11.4. The highest BCUT2D eigenvalue weighted by atomic mass is 16.7. The Labute approximate surface area is 409 Å². The van der Waals surface area contributed by atoms with Crippen molar-refractivity contribution >= 4 is 35.6 Å². The summed E-state index contributed by atoms with van der Waals surface area (Å²) >= 11 is 0. The number of aliphatic hydroxyl groups is 5. The second kappa shape index (κ2) is 19.6. The molecule has 71 heavy (non-hydrogen) atoms. The average Bonchev–Trinajstić information content (AvgIpc) is 3.34. The lowest BCUT2D eigenvalue weighted by Gasteiger charge is -2.68. The van der Waals surface area contributed by atoms with E-state index in [4.69, 9.17) is 33.2 Å². The Kier molecular flexibility index (Phi) is 14.2. The maximum atomic E-state index is 16.2. The summed E-state index contributed by atoms with van der Waals surface area (Å²) in [5.74, 6) is -7.31. The number of esters is 4. The summed E-state index contributed by atoms with van der Waals surface area (Å²) in [5.41, 5.74) is -7.76. The van der Waals surface area contributed by atoms with Crippen LogP contribution in [0.3, 0.4) is 0 Å². The van der Waals surface area contributed by atoms with Crippen LogP contribution in [0.25, 0.3) is 0 Å². The van der Waals surface area contributed by atoms with E-state index in [0.29, 0.717) is 5.56 Å². The predicted molar refractivity (Wildman–Crippen MR) is 244 cm³/mol. The molecular formula is C52H59NO18. The van der Waals surface area contributed by atoms with Gasteiger partial charge in [-0.3, -0.25) is 19.2 Å². The zero-order chi connectivity index (χ0) is 51.4. The highest BCUT2D eigenvalue weighted by Gasteiger charge is 2.79. The summed E-state index contributed by atoms with van der Waals surface area (Å²) in [4.78, 5) is 85.6. The molecule has 380 valence electrons. The topological polar surface area (TPSA) is 280 Å². The van der Waals surface area contributed by atoms with Gasteiger partial charge in [-0.25, -0.2) is 9.59 Å². The van der Waals surface area contributed by atoms with Crippen molar-refractivity contribution in [1.82, 2.24) is 5.32 Å². The molecule has 0 aromatic heterocycles. The Balaban J connectivity index is 1.30. The van der Waals surface area contributed by atoms with E-state index in [-0.39, 0.29) is 28.7 Å². The van der Waals surface area contributed by atoms with Crippen molar-refractivity contribution in [2.45, 2.75) is 133 Å². The van der Waals surface area contributed by atoms with Gasteiger partial charge in [-0.15, -0.1) is 0 Å². The van der Waals surface area contributed by atoms with Crippen LogP contribution in [0.4, 0.5) is 0 Å². The maximum Gasteiger partial charge on any atom is 0.338 e. The first-order valence-electron chi connectivity index (χ1n) is 23.4. The molecule has 8 rings (SSSR count). The number of carbonyl (C=O) groups excluding carboxylic acids is 6. The molecule has 19 heteroatoms. The van der Waals surface area contributed by atoms with Crippen LogP contribution in [0.1, 0.15) is 86.7 Å². The van der Waals surface area contributed by atoms with Gasteiger partial charge in [-0.05, 0) is 54.8 Å². The molecule has 3 aliphatic carbocycles. The van der Waals surface area contributed by atoms with Crippen molar-refractivity contribution in [3.63, 3.8) is 0 Å². The number of ketones is 1. The van der Waals surface area contributed by atoms with Gasteiger partial charge in [0, 0.05) is 37.7 Å². The largest absolute Gasteiger partial charge is 0.456 e. The zero-order valence-electron chi connectivity index (χ0n) is 40.0. The van der Waals surface area contributed by atoms with Crippen molar-refractivity contribution in [2.24, 2.45) is 16.7 Å². The molecule has 2 saturated heterocycles. The van der Waals surface area contributed by atoms with Crippen LogP contribution in [0.5, 0.6) is 0 Å². The zero-order valence-corrected chi connectivity index (χ0v) is 40.0. The van der Waals surface area contributed by atoms with Crippen LogP contribution in [0.15, 0.2) is 102 Å². The van der Waals surface area contributed by atoms with Gasteiger partial charge in [0.25, 0.3) is 5.91 Å². The van der Waals surface area contributed by atoms with Crippen LogP contribution in [0.2, 0.25) is 0 Å². The molecule has 15 atom stereocenters. The molecule has 2 bridgehead atoms. The van der Waals surface area contributed by atoms with Gasteiger partial charge in [0.2, 0.25) is 0 Å². The lowest BCUT2D eigenvalue weighted by molar-refractivity contribution is -0.366. The number of benzene rings is 3. The van der Waals surface area contributed by atoms with Crippen molar-refractivity contribution < 1.29 is 87.5 Å². The molecule has 3 aromatic rings. The molecule has 6 N–H and O–H groups in total. The third kappa shape index (κ3) is 8.96. The number of Topliss-reactive ketones (excluding diaryl/α,β-unsaturated/α-hetero) is 1. The third-order valence-corrected chi connectivity index (χ3v) is 15.2. The van der Waals surface area contributed by atoms with Crippen LogP contribution >= 0.6 is 0 Å². The third-order valence-electron chi connectivity index (χ3n) is 15.2. The van der Waals surface area contributed by atoms with Gasteiger partial charge in [-0.1, -0.05) is 80.6 Å². The molecule has 1 amide bonds. The summed E-state index contributed by atoms with van der Waals surface area (Å²) in [5, 5.41) is 60.8. The minimum atomic E-state index is -2.51. The smallest absolute Gasteiger partial charge is 0.338 e.